The first-order valence-electron chi connectivity index (χ1n) is 7.40. The molecule has 0 radical (unpaired) electrons. The molecular formula is C17H20BNO3. The molecule has 22 heavy (non-hydrogen) atoms. The summed E-state index contributed by atoms with van der Waals surface area (Å²) >= 11 is 0. The fourth-order valence-corrected chi connectivity index (χ4v) is 2.31. The minimum Gasteiger partial charge on any atom is -0.454 e. The first-order valence-corrected chi connectivity index (χ1v) is 7.40. The fraction of sp³-hybridized carbons (Fsp3) is 0.353. The number of aliphatic hydroxyl groups is 1. The highest BCUT2D eigenvalue weighted by atomic mass is 16.5. The second-order valence-corrected chi connectivity index (χ2v) is 6.62. The molecule has 2 aromatic heterocycles. The highest BCUT2D eigenvalue weighted by molar-refractivity contribution is 6.52. The summed E-state index contributed by atoms with van der Waals surface area (Å²) in [6.07, 6.45) is 3.48. The van der Waals surface area contributed by atoms with Gasteiger partial charge in [0.15, 0.2) is 5.58 Å². The van der Waals surface area contributed by atoms with E-state index in [2.05, 4.69) is 4.98 Å². The normalized spacial score (nSPS) is 13.0. The van der Waals surface area contributed by atoms with Crippen molar-refractivity contribution in [1.82, 2.24) is 4.98 Å². The Hall–Kier alpha value is -1.85. The zero-order valence-electron chi connectivity index (χ0n) is 13.4. The standard InChI is InChI=1S/C17H20BNO3/c1-16(2,20)17(3,4)22-18-12-6-5-7-13-15(12)11-8-9-19-10-14(11)21-13/h5-10,18,20H,1-4H3. The van der Waals surface area contributed by atoms with E-state index in [1.54, 1.807) is 26.2 Å². The van der Waals surface area contributed by atoms with Crippen LogP contribution in [0.1, 0.15) is 27.7 Å². The molecule has 0 bridgehead atoms. The summed E-state index contributed by atoms with van der Waals surface area (Å²) in [4.78, 5) is 4.10. The van der Waals surface area contributed by atoms with Gasteiger partial charge in [0.25, 0.3) is 0 Å². The second-order valence-electron chi connectivity index (χ2n) is 6.62. The number of rotatable bonds is 4. The molecule has 0 fully saturated rings. The Kier molecular flexibility index (Phi) is 3.50. The van der Waals surface area contributed by atoms with Gasteiger partial charge >= 0.3 is 7.48 Å². The maximum absolute atomic E-state index is 10.2. The van der Waals surface area contributed by atoms with Gasteiger partial charge in [-0.2, -0.15) is 0 Å². The van der Waals surface area contributed by atoms with E-state index in [1.165, 1.54) is 0 Å². The van der Waals surface area contributed by atoms with Crippen LogP contribution in [0.25, 0.3) is 21.9 Å². The Morgan fingerprint density at radius 3 is 2.64 bits per heavy atom. The minimum atomic E-state index is -0.927. The van der Waals surface area contributed by atoms with Crippen LogP contribution < -0.4 is 5.46 Å². The number of aromatic nitrogens is 1. The fourth-order valence-electron chi connectivity index (χ4n) is 2.31. The van der Waals surface area contributed by atoms with Gasteiger partial charge in [0, 0.05) is 17.0 Å². The SMILES string of the molecule is CC(C)(O)C(C)(C)OBc1cccc2oc3cnccc3c12. The predicted octanol–water partition coefficient (Wildman–Crippen LogP) is 2.52. The van der Waals surface area contributed by atoms with Crippen molar-refractivity contribution in [2.24, 2.45) is 0 Å². The molecule has 5 heteroatoms. The zero-order valence-corrected chi connectivity index (χ0v) is 13.4. The van der Waals surface area contributed by atoms with Gasteiger partial charge < -0.3 is 14.2 Å². The van der Waals surface area contributed by atoms with Crippen molar-refractivity contribution in [3.8, 4) is 0 Å². The molecule has 0 saturated heterocycles. The maximum Gasteiger partial charge on any atom is 0.310 e. The van der Waals surface area contributed by atoms with Crippen molar-refractivity contribution in [3.05, 3.63) is 36.7 Å². The number of hydrogen-bond acceptors (Lipinski definition) is 4. The smallest absolute Gasteiger partial charge is 0.310 e. The van der Waals surface area contributed by atoms with E-state index in [9.17, 15) is 5.11 Å². The Labute approximate surface area is 130 Å². The van der Waals surface area contributed by atoms with Crippen molar-refractivity contribution >= 4 is 34.9 Å². The molecule has 0 aliphatic heterocycles. The molecule has 0 saturated carbocycles. The third-order valence-electron chi connectivity index (χ3n) is 4.45. The molecular weight excluding hydrogens is 277 g/mol. The van der Waals surface area contributed by atoms with Crippen LogP contribution >= 0.6 is 0 Å². The van der Waals surface area contributed by atoms with E-state index >= 15 is 0 Å². The Morgan fingerprint density at radius 2 is 1.91 bits per heavy atom. The van der Waals surface area contributed by atoms with E-state index in [1.807, 2.05) is 38.1 Å². The van der Waals surface area contributed by atoms with Crippen LogP contribution in [0.3, 0.4) is 0 Å². The van der Waals surface area contributed by atoms with Crippen LogP contribution in [0, 0.1) is 0 Å². The van der Waals surface area contributed by atoms with E-state index in [0.29, 0.717) is 7.48 Å². The van der Waals surface area contributed by atoms with E-state index in [-0.39, 0.29) is 0 Å². The summed E-state index contributed by atoms with van der Waals surface area (Å²) in [7, 11) is 0.408. The minimum absolute atomic E-state index is 0.408. The summed E-state index contributed by atoms with van der Waals surface area (Å²) in [5.74, 6) is 0. The van der Waals surface area contributed by atoms with E-state index in [0.717, 1.165) is 27.4 Å². The molecule has 1 N–H and O–H groups in total. The van der Waals surface area contributed by atoms with Gasteiger partial charge in [-0.05, 0) is 45.3 Å². The van der Waals surface area contributed by atoms with Crippen LogP contribution in [0.2, 0.25) is 0 Å². The van der Waals surface area contributed by atoms with Crippen molar-refractivity contribution in [1.29, 1.82) is 0 Å². The van der Waals surface area contributed by atoms with E-state index < -0.39 is 11.2 Å². The monoisotopic (exact) mass is 297 g/mol. The van der Waals surface area contributed by atoms with Gasteiger partial charge in [-0.3, -0.25) is 4.98 Å². The summed E-state index contributed by atoms with van der Waals surface area (Å²) in [5, 5.41) is 12.3. The van der Waals surface area contributed by atoms with Gasteiger partial charge in [0.2, 0.25) is 0 Å². The number of nitrogens with zero attached hydrogens (tertiary/aromatic N) is 1. The molecule has 0 unspecified atom stereocenters. The molecule has 3 aromatic rings. The van der Waals surface area contributed by atoms with Crippen LogP contribution in [0.15, 0.2) is 41.1 Å². The molecule has 2 heterocycles. The quantitative estimate of drug-likeness (QED) is 0.752. The molecule has 3 rings (SSSR count). The number of benzene rings is 1. The lowest BCUT2D eigenvalue weighted by atomic mass is 9.80. The molecule has 0 amide bonds. The number of hydrogen-bond donors (Lipinski definition) is 1. The van der Waals surface area contributed by atoms with Gasteiger partial charge in [-0.15, -0.1) is 0 Å². The average Bonchev–Trinajstić information content (AvgIpc) is 2.83. The lowest BCUT2D eigenvalue weighted by Gasteiger charge is -2.37. The maximum atomic E-state index is 10.2. The van der Waals surface area contributed by atoms with Crippen molar-refractivity contribution in [3.63, 3.8) is 0 Å². The summed E-state index contributed by atoms with van der Waals surface area (Å²) in [6.45, 7) is 7.30. The zero-order chi connectivity index (χ0) is 16.0. The highest BCUT2D eigenvalue weighted by Crippen LogP contribution is 2.27. The Bertz CT molecular complexity index is 817. The third-order valence-corrected chi connectivity index (χ3v) is 4.45. The lowest BCUT2D eigenvalue weighted by Crippen LogP contribution is -2.49. The molecule has 0 aliphatic carbocycles. The molecule has 0 aliphatic rings. The lowest BCUT2D eigenvalue weighted by molar-refractivity contribution is -0.0893. The Balaban J connectivity index is 2.01. The molecule has 4 nitrogen and oxygen atoms in total. The summed E-state index contributed by atoms with van der Waals surface area (Å²) in [6, 6.07) is 7.87. The second kappa shape index (κ2) is 5.11. The van der Waals surface area contributed by atoms with Crippen LogP contribution in [-0.4, -0.2) is 28.8 Å². The Morgan fingerprint density at radius 1 is 1.14 bits per heavy atom. The molecule has 114 valence electrons. The number of fused-ring (bicyclic) bond motifs is 3. The van der Waals surface area contributed by atoms with Gasteiger partial charge in [-0.25, -0.2) is 0 Å². The highest BCUT2D eigenvalue weighted by Gasteiger charge is 2.35. The van der Waals surface area contributed by atoms with Gasteiger partial charge in [-0.1, -0.05) is 12.1 Å². The third kappa shape index (κ3) is 2.51. The number of furan rings is 1. The van der Waals surface area contributed by atoms with Crippen LogP contribution in [-0.2, 0) is 4.65 Å². The predicted molar refractivity (Wildman–Crippen MR) is 89.8 cm³/mol. The molecule has 0 atom stereocenters. The first kappa shape index (κ1) is 15.1. The first-order chi connectivity index (χ1) is 10.3. The van der Waals surface area contributed by atoms with Crippen molar-refractivity contribution in [2.45, 2.75) is 38.9 Å². The number of pyridine rings is 1. The largest absolute Gasteiger partial charge is 0.454 e. The molecule has 1 aromatic carbocycles. The van der Waals surface area contributed by atoms with Crippen molar-refractivity contribution in [2.75, 3.05) is 0 Å². The van der Waals surface area contributed by atoms with Crippen LogP contribution in [0.4, 0.5) is 0 Å². The van der Waals surface area contributed by atoms with Gasteiger partial charge in [0.1, 0.15) is 5.58 Å². The summed E-state index contributed by atoms with van der Waals surface area (Å²) in [5.41, 5.74) is 1.05. The molecule has 0 spiro atoms. The topological polar surface area (TPSA) is 55.5 Å². The van der Waals surface area contributed by atoms with Crippen LogP contribution in [0.5, 0.6) is 0 Å². The average molecular weight is 297 g/mol. The van der Waals surface area contributed by atoms with E-state index in [4.69, 9.17) is 9.07 Å². The van der Waals surface area contributed by atoms with Crippen molar-refractivity contribution < 1.29 is 14.2 Å². The van der Waals surface area contributed by atoms with Gasteiger partial charge in [0.05, 0.1) is 17.4 Å². The summed E-state index contributed by atoms with van der Waals surface area (Å²) < 4.78 is 11.8.